The van der Waals surface area contributed by atoms with Gasteiger partial charge in [-0.2, -0.15) is 8.99 Å². The van der Waals surface area contributed by atoms with Gasteiger partial charge >= 0.3 is 0 Å². The van der Waals surface area contributed by atoms with Gasteiger partial charge in [0, 0.05) is 49.0 Å². The fourth-order valence-corrected chi connectivity index (χ4v) is 6.02. The molecule has 0 radical (unpaired) electrons. The summed E-state index contributed by atoms with van der Waals surface area (Å²) in [6.45, 7) is 2.32. The predicted octanol–water partition coefficient (Wildman–Crippen LogP) is 1.17. The number of aliphatic hydroxyl groups excluding tert-OH is 1. The fraction of sp³-hybridized carbons (Fsp3) is 0.273. The van der Waals surface area contributed by atoms with Gasteiger partial charge in [0.1, 0.15) is 10.6 Å². The van der Waals surface area contributed by atoms with E-state index in [0.717, 1.165) is 0 Å². The van der Waals surface area contributed by atoms with Gasteiger partial charge in [-0.05, 0) is 25.1 Å². The fourth-order valence-electron chi connectivity index (χ4n) is 4.25. The number of hydrogen-bond acceptors (Lipinski definition) is 7. The van der Waals surface area contributed by atoms with Gasteiger partial charge in [0.2, 0.25) is 10.0 Å². The number of nitrogens with one attached hydrogen (secondary N) is 1. The molecule has 34 heavy (non-hydrogen) atoms. The number of piperazine rings is 1. The Morgan fingerprint density at radius 2 is 2.00 bits per heavy atom. The molecule has 0 bridgehead atoms. The van der Waals surface area contributed by atoms with Gasteiger partial charge in [-0.1, -0.05) is 23.4 Å². The Labute approximate surface area is 195 Å². The Morgan fingerprint density at radius 3 is 2.71 bits per heavy atom. The highest BCUT2D eigenvalue weighted by atomic mass is 32.2. The molecule has 1 saturated heterocycles. The number of carbonyl (C=O) groups excluding carboxylic acids is 1. The monoisotopic (exact) mass is 481 g/mol. The molecule has 1 aromatic carbocycles. The number of nitrogens with zero attached hydrogens (tertiary/aromatic N) is 6. The van der Waals surface area contributed by atoms with Crippen LogP contribution in [0.3, 0.4) is 0 Å². The molecule has 1 amide bonds. The lowest BCUT2D eigenvalue weighted by Gasteiger charge is -2.38. The standard InChI is InChI=1S/C22H23N7O4S/c1-15-12-27(22(31)16-5-3-2-4-6-16)9-10-29(15)34(32,33)19-11-24-20-18(19)7-8-23-21(20)28-13-17(14-30)25-26-28/h2-8,11,13,15,24,30H,9-10,12,14H2,1H3/t15-/m1/s1. The minimum atomic E-state index is -3.86. The maximum absolute atomic E-state index is 13.6. The Morgan fingerprint density at radius 1 is 1.21 bits per heavy atom. The van der Waals surface area contributed by atoms with Gasteiger partial charge in [0.25, 0.3) is 5.91 Å². The lowest BCUT2D eigenvalue weighted by atomic mass is 10.1. The lowest BCUT2D eigenvalue weighted by Crippen LogP contribution is -2.55. The van der Waals surface area contributed by atoms with Gasteiger partial charge in [0.15, 0.2) is 5.82 Å². The van der Waals surface area contributed by atoms with E-state index in [0.29, 0.717) is 41.1 Å². The quantitative estimate of drug-likeness (QED) is 0.436. The van der Waals surface area contributed by atoms with Crippen LogP contribution in [0.1, 0.15) is 23.0 Å². The number of fused-ring (bicyclic) bond motifs is 1. The Bertz CT molecular complexity index is 1450. The summed E-state index contributed by atoms with van der Waals surface area (Å²) in [4.78, 5) is 21.9. The molecular weight excluding hydrogens is 458 g/mol. The molecule has 3 aromatic heterocycles. The number of rotatable bonds is 5. The topological polar surface area (TPSA) is 137 Å². The van der Waals surface area contributed by atoms with Crippen LogP contribution in [0.4, 0.5) is 0 Å². The maximum Gasteiger partial charge on any atom is 0.253 e. The second kappa shape index (κ2) is 8.63. The predicted molar refractivity (Wildman–Crippen MR) is 123 cm³/mol. The number of aliphatic hydroxyl groups is 1. The van der Waals surface area contributed by atoms with E-state index in [1.165, 1.54) is 27.6 Å². The number of amides is 1. The van der Waals surface area contributed by atoms with Crippen molar-refractivity contribution in [3.05, 3.63) is 66.2 Å². The summed E-state index contributed by atoms with van der Waals surface area (Å²) in [5.74, 6) is 0.264. The molecule has 0 spiro atoms. The number of hydrogen-bond donors (Lipinski definition) is 2. The number of benzene rings is 1. The first-order valence-electron chi connectivity index (χ1n) is 10.7. The minimum Gasteiger partial charge on any atom is -0.390 e. The maximum atomic E-state index is 13.6. The molecule has 1 atom stereocenters. The summed E-state index contributed by atoms with van der Waals surface area (Å²) in [5, 5.41) is 17.5. The summed E-state index contributed by atoms with van der Waals surface area (Å²) < 4.78 is 30.1. The molecule has 0 unspecified atom stereocenters. The van der Waals surface area contributed by atoms with Crippen molar-refractivity contribution in [2.45, 2.75) is 24.5 Å². The largest absolute Gasteiger partial charge is 0.390 e. The highest BCUT2D eigenvalue weighted by molar-refractivity contribution is 7.89. The molecule has 4 aromatic rings. The first-order valence-corrected chi connectivity index (χ1v) is 12.2. The summed E-state index contributed by atoms with van der Waals surface area (Å²) in [6, 6.07) is 10.2. The van der Waals surface area contributed by atoms with E-state index in [4.69, 9.17) is 0 Å². The van der Waals surface area contributed by atoms with E-state index < -0.39 is 16.1 Å². The van der Waals surface area contributed by atoms with Gasteiger partial charge in [-0.15, -0.1) is 5.10 Å². The van der Waals surface area contributed by atoms with E-state index in [1.54, 1.807) is 42.2 Å². The average Bonchev–Trinajstić information content (AvgIpc) is 3.51. The molecule has 1 aliphatic heterocycles. The second-order valence-electron chi connectivity index (χ2n) is 8.10. The van der Waals surface area contributed by atoms with Gasteiger partial charge in [-0.3, -0.25) is 4.79 Å². The summed E-state index contributed by atoms with van der Waals surface area (Å²) >= 11 is 0. The Kier molecular flexibility index (Phi) is 5.63. The first kappa shape index (κ1) is 22.2. The van der Waals surface area contributed by atoms with Crippen LogP contribution in [0.5, 0.6) is 0 Å². The summed E-state index contributed by atoms with van der Waals surface area (Å²) in [6.07, 6.45) is 4.48. The van der Waals surface area contributed by atoms with Crippen molar-refractivity contribution in [2.24, 2.45) is 0 Å². The molecule has 5 rings (SSSR count). The van der Waals surface area contributed by atoms with Crippen LogP contribution in [-0.2, 0) is 16.6 Å². The van der Waals surface area contributed by atoms with Crippen LogP contribution >= 0.6 is 0 Å². The van der Waals surface area contributed by atoms with Gasteiger partial charge < -0.3 is 15.0 Å². The third-order valence-electron chi connectivity index (χ3n) is 5.92. The molecule has 11 nitrogen and oxygen atoms in total. The van der Waals surface area contributed by atoms with Gasteiger partial charge in [0.05, 0.1) is 18.3 Å². The van der Waals surface area contributed by atoms with E-state index in [-0.39, 0.29) is 24.0 Å². The Hall–Kier alpha value is -3.61. The number of aromatic amines is 1. The molecule has 12 heteroatoms. The van der Waals surface area contributed by atoms with Crippen molar-refractivity contribution < 1.29 is 18.3 Å². The van der Waals surface area contributed by atoms with Crippen LogP contribution in [-0.4, -0.2) is 79.3 Å². The zero-order chi connectivity index (χ0) is 23.9. The molecular formula is C22H23N7O4S. The van der Waals surface area contributed by atoms with Crippen LogP contribution in [0, 0.1) is 0 Å². The smallest absolute Gasteiger partial charge is 0.253 e. The van der Waals surface area contributed by atoms with Crippen LogP contribution < -0.4 is 0 Å². The third kappa shape index (κ3) is 3.75. The van der Waals surface area contributed by atoms with Crippen molar-refractivity contribution in [3.63, 3.8) is 0 Å². The van der Waals surface area contributed by atoms with Crippen molar-refractivity contribution in [3.8, 4) is 5.82 Å². The number of H-pyrrole nitrogens is 1. The van der Waals surface area contributed by atoms with E-state index in [9.17, 15) is 18.3 Å². The molecule has 0 aliphatic carbocycles. The lowest BCUT2D eigenvalue weighted by molar-refractivity contribution is 0.0642. The van der Waals surface area contributed by atoms with Crippen molar-refractivity contribution in [1.29, 1.82) is 0 Å². The van der Waals surface area contributed by atoms with Crippen molar-refractivity contribution in [2.75, 3.05) is 19.6 Å². The SMILES string of the molecule is C[C@@H]1CN(C(=O)c2ccccc2)CCN1S(=O)(=O)c1c[nH]c2c(-n3cc(CO)nn3)nccc12. The normalized spacial score (nSPS) is 17.4. The molecule has 176 valence electrons. The zero-order valence-corrected chi connectivity index (χ0v) is 19.2. The molecule has 1 aliphatic rings. The summed E-state index contributed by atoms with van der Waals surface area (Å²) in [5.41, 5.74) is 1.44. The Balaban J connectivity index is 1.42. The molecule has 1 fully saturated rings. The van der Waals surface area contributed by atoms with E-state index >= 15 is 0 Å². The molecule has 4 heterocycles. The zero-order valence-electron chi connectivity index (χ0n) is 18.4. The van der Waals surface area contributed by atoms with E-state index in [2.05, 4.69) is 20.3 Å². The molecule has 2 N–H and O–H groups in total. The minimum absolute atomic E-state index is 0.109. The molecule has 0 saturated carbocycles. The average molecular weight is 482 g/mol. The van der Waals surface area contributed by atoms with Crippen LogP contribution in [0.15, 0.2) is 59.9 Å². The van der Waals surface area contributed by atoms with Crippen molar-refractivity contribution in [1.82, 2.24) is 34.2 Å². The van der Waals surface area contributed by atoms with Crippen LogP contribution in [0.25, 0.3) is 16.7 Å². The highest BCUT2D eigenvalue weighted by Gasteiger charge is 2.36. The first-order chi connectivity index (χ1) is 16.4. The number of sulfonamides is 1. The summed E-state index contributed by atoms with van der Waals surface area (Å²) in [7, 11) is -3.86. The van der Waals surface area contributed by atoms with Crippen molar-refractivity contribution >= 4 is 26.8 Å². The number of pyridine rings is 1. The third-order valence-corrected chi connectivity index (χ3v) is 7.98. The number of carbonyl (C=O) groups is 1. The van der Waals surface area contributed by atoms with E-state index in [1.807, 2.05) is 6.07 Å². The van der Waals surface area contributed by atoms with Crippen LogP contribution in [0.2, 0.25) is 0 Å². The van der Waals surface area contributed by atoms with Gasteiger partial charge in [-0.25, -0.2) is 13.4 Å². The number of aromatic nitrogens is 5. The second-order valence-corrected chi connectivity index (χ2v) is 9.96. The highest BCUT2D eigenvalue weighted by Crippen LogP contribution is 2.30.